The Hall–Kier alpha value is -1.15. The lowest BCUT2D eigenvalue weighted by molar-refractivity contribution is -0.268. The van der Waals surface area contributed by atoms with Gasteiger partial charge in [-0.05, 0) is 31.6 Å². The largest absolute Gasteiger partial charge is 0.394 e. The molecule has 1 aliphatic rings. The molecule has 11 nitrogen and oxygen atoms in total. The highest BCUT2D eigenvalue weighted by atomic mass is 16.7. The molecule has 0 aliphatic carbocycles. The first-order chi connectivity index (χ1) is 28.5. The van der Waals surface area contributed by atoms with Crippen LogP contribution in [0.3, 0.4) is 0 Å². The highest BCUT2D eigenvalue weighted by molar-refractivity contribution is 5.80. The summed E-state index contributed by atoms with van der Waals surface area (Å²) in [7, 11) is 0. The lowest BCUT2D eigenvalue weighted by Crippen LogP contribution is -2.63. The van der Waals surface area contributed by atoms with Crippen molar-refractivity contribution in [3.05, 3.63) is 12.2 Å². The number of carbonyl (C=O) groups is 1. The second kappa shape index (κ2) is 37.4. The molecule has 0 aromatic heterocycles. The first-order valence-electron chi connectivity index (χ1n) is 24.5. The Labute approximate surface area is 360 Å². The van der Waals surface area contributed by atoms with E-state index in [2.05, 4.69) is 26.1 Å². The van der Waals surface area contributed by atoms with Gasteiger partial charge in [-0.3, -0.25) is 4.79 Å². The van der Waals surface area contributed by atoms with Crippen LogP contribution in [0.25, 0.3) is 0 Å². The van der Waals surface area contributed by atoms with Gasteiger partial charge in [-0.2, -0.15) is 0 Å². The standard InChI is InChI=1S/C48H94N2O9/c1-4-5-6-7-8-9-10-11-12-13-14-15-16-19-23-26-29-32-35-41(53)47(57)50-39(37-58-48-43(49)46(56)45(55)42(36-51)59-48)44(54)40(52)34-31-28-25-22-20-17-18-21-24-27-30-33-38(2)3/h28,31,38-46,48,51-56H,4-27,29-30,32-37,49H2,1-3H3,(H,50,57)/b31-28+/t39-,40-,41-,42+,43+,44+,45-,46+,48-/m1/s1. The van der Waals surface area contributed by atoms with Gasteiger partial charge in [0.05, 0.1) is 31.4 Å². The summed E-state index contributed by atoms with van der Waals surface area (Å²) >= 11 is 0. The van der Waals surface area contributed by atoms with Crippen molar-refractivity contribution in [2.45, 2.75) is 268 Å². The topological polar surface area (TPSA) is 195 Å². The van der Waals surface area contributed by atoms with Crippen LogP contribution in [0.5, 0.6) is 0 Å². The summed E-state index contributed by atoms with van der Waals surface area (Å²) in [4.78, 5) is 13.1. The molecule has 59 heavy (non-hydrogen) atoms. The van der Waals surface area contributed by atoms with Crippen LogP contribution >= 0.6 is 0 Å². The van der Waals surface area contributed by atoms with Crippen molar-refractivity contribution in [2.24, 2.45) is 11.7 Å². The number of nitrogens with two attached hydrogens (primary N) is 1. The zero-order valence-electron chi connectivity index (χ0n) is 38.0. The maximum Gasteiger partial charge on any atom is 0.249 e. The van der Waals surface area contributed by atoms with Crippen molar-refractivity contribution in [3.8, 4) is 0 Å². The molecule has 0 spiro atoms. The van der Waals surface area contributed by atoms with E-state index in [1.54, 1.807) is 0 Å². The number of hydrogen-bond acceptors (Lipinski definition) is 10. The Morgan fingerprint density at radius 2 is 1.14 bits per heavy atom. The first-order valence-corrected chi connectivity index (χ1v) is 24.5. The monoisotopic (exact) mass is 843 g/mol. The molecule has 11 heteroatoms. The number of hydrogen-bond donors (Lipinski definition) is 8. The second-order valence-electron chi connectivity index (χ2n) is 18.1. The van der Waals surface area contributed by atoms with Gasteiger partial charge in [-0.1, -0.05) is 200 Å². The summed E-state index contributed by atoms with van der Waals surface area (Å²) in [5.74, 6) is 0.107. The molecule has 0 unspecified atom stereocenters. The molecule has 1 saturated heterocycles. The van der Waals surface area contributed by atoms with Crippen LogP contribution in [0.2, 0.25) is 0 Å². The molecule has 0 radical (unpaired) electrons. The third kappa shape index (κ3) is 28.2. The fraction of sp³-hybridized carbons (Fsp3) is 0.938. The summed E-state index contributed by atoms with van der Waals surface area (Å²) in [6.45, 7) is 5.88. The van der Waals surface area contributed by atoms with E-state index in [4.69, 9.17) is 15.2 Å². The number of unbranched alkanes of at least 4 members (excludes halogenated alkanes) is 25. The lowest BCUT2D eigenvalue weighted by Gasteiger charge is -2.41. The minimum atomic E-state index is -1.45. The zero-order valence-corrected chi connectivity index (χ0v) is 38.0. The maximum atomic E-state index is 13.1. The van der Waals surface area contributed by atoms with Crippen molar-refractivity contribution in [3.63, 3.8) is 0 Å². The van der Waals surface area contributed by atoms with Crippen LogP contribution in [-0.4, -0.2) is 105 Å². The molecule has 0 saturated carbocycles. The molecular weight excluding hydrogens is 749 g/mol. The Balaban J connectivity index is 2.43. The molecule has 1 rings (SSSR count). The van der Waals surface area contributed by atoms with Gasteiger partial charge in [0, 0.05) is 0 Å². The van der Waals surface area contributed by atoms with Gasteiger partial charge in [0.25, 0.3) is 0 Å². The molecule has 1 amide bonds. The minimum Gasteiger partial charge on any atom is -0.394 e. The number of aliphatic hydroxyl groups excluding tert-OH is 6. The minimum absolute atomic E-state index is 0.155. The third-order valence-electron chi connectivity index (χ3n) is 12.1. The highest BCUT2D eigenvalue weighted by Crippen LogP contribution is 2.22. The molecule has 0 bridgehead atoms. The van der Waals surface area contributed by atoms with Crippen LogP contribution in [0.15, 0.2) is 12.2 Å². The van der Waals surface area contributed by atoms with Crippen molar-refractivity contribution >= 4 is 5.91 Å². The van der Waals surface area contributed by atoms with E-state index in [-0.39, 0.29) is 19.4 Å². The van der Waals surface area contributed by atoms with Gasteiger partial charge >= 0.3 is 0 Å². The van der Waals surface area contributed by atoms with Crippen LogP contribution in [0.4, 0.5) is 0 Å². The predicted molar refractivity (Wildman–Crippen MR) is 240 cm³/mol. The number of amides is 1. The normalized spacial score (nSPS) is 21.9. The van der Waals surface area contributed by atoms with Gasteiger partial charge < -0.3 is 51.2 Å². The third-order valence-corrected chi connectivity index (χ3v) is 12.1. The molecule has 350 valence electrons. The quantitative estimate of drug-likeness (QED) is 0.0220. The fourth-order valence-corrected chi connectivity index (χ4v) is 7.96. The number of ether oxygens (including phenoxy) is 2. The Morgan fingerprint density at radius 1 is 0.678 bits per heavy atom. The number of allylic oxidation sites excluding steroid dienone is 1. The summed E-state index contributed by atoms with van der Waals surface area (Å²) < 4.78 is 11.3. The van der Waals surface area contributed by atoms with E-state index in [9.17, 15) is 35.4 Å². The van der Waals surface area contributed by atoms with Crippen molar-refractivity contribution in [1.82, 2.24) is 5.32 Å². The second-order valence-corrected chi connectivity index (χ2v) is 18.1. The summed E-state index contributed by atoms with van der Waals surface area (Å²) in [5, 5.41) is 65.6. The summed E-state index contributed by atoms with van der Waals surface area (Å²) in [6.07, 6.45) is 29.8. The van der Waals surface area contributed by atoms with Gasteiger partial charge in [0.2, 0.25) is 5.91 Å². The van der Waals surface area contributed by atoms with E-state index in [1.807, 2.05) is 12.2 Å². The molecule has 1 heterocycles. The SMILES string of the molecule is CCCCCCCCCCCCCCCCCCCC[C@@H](O)C(=O)N[C@H](CO[C@@H]1O[C@@H](CO)[C@@H](O)[C@@H](O)[C@@H]1N)[C@H](O)[C@H](O)C/C=C/CCCCCCCCCCC(C)C. The molecule has 0 aromatic rings. The number of nitrogens with one attached hydrogen (secondary N) is 1. The molecule has 1 aliphatic heterocycles. The van der Waals surface area contributed by atoms with E-state index < -0.39 is 67.5 Å². The molecular formula is C48H94N2O9. The fourth-order valence-electron chi connectivity index (χ4n) is 7.96. The lowest BCUT2D eigenvalue weighted by atomic mass is 9.97. The maximum absolute atomic E-state index is 13.1. The smallest absolute Gasteiger partial charge is 0.249 e. The van der Waals surface area contributed by atoms with Crippen LogP contribution in [-0.2, 0) is 14.3 Å². The van der Waals surface area contributed by atoms with Crippen LogP contribution in [0.1, 0.15) is 213 Å². The van der Waals surface area contributed by atoms with E-state index in [0.29, 0.717) is 6.42 Å². The van der Waals surface area contributed by atoms with E-state index >= 15 is 0 Å². The van der Waals surface area contributed by atoms with Crippen molar-refractivity contribution in [2.75, 3.05) is 13.2 Å². The van der Waals surface area contributed by atoms with Gasteiger partial charge in [0.1, 0.15) is 30.5 Å². The average molecular weight is 843 g/mol. The van der Waals surface area contributed by atoms with Crippen molar-refractivity contribution < 1.29 is 44.9 Å². The van der Waals surface area contributed by atoms with Gasteiger partial charge in [0.15, 0.2) is 6.29 Å². The number of rotatable bonds is 40. The molecule has 9 atom stereocenters. The van der Waals surface area contributed by atoms with Crippen LogP contribution < -0.4 is 11.1 Å². The summed E-state index contributed by atoms with van der Waals surface area (Å²) in [6, 6.07) is -2.31. The number of carbonyl (C=O) groups excluding carboxylic acids is 1. The van der Waals surface area contributed by atoms with Crippen molar-refractivity contribution in [1.29, 1.82) is 0 Å². The molecule has 9 N–H and O–H groups in total. The van der Waals surface area contributed by atoms with Gasteiger partial charge in [-0.15, -0.1) is 0 Å². The number of aliphatic hydroxyl groups is 6. The Kier molecular flexibility index (Phi) is 35.4. The first kappa shape index (κ1) is 55.9. The zero-order chi connectivity index (χ0) is 43.5. The Morgan fingerprint density at radius 3 is 1.61 bits per heavy atom. The van der Waals surface area contributed by atoms with Crippen LogP contribution in [0, 0.1) is 5.92 Å². The Bertz CT molecular complexity index is 986. The highest BCUT2D eigenvalue weighted by Gasteiger charge is 2.43. The van der Waals surface area contributed by atoms with E-state index in [1.165, 1.54) is 135 Å². The molecule has 0 aromatic carbocycles. The van der Waals surface area contributed by atoms with Gasteiger partial charge in [-0.25, -0.2) is 0 Å². The predicted octanol–water partition coefficient (Wildman–Crippen LogP) is 8.27. The molecule has 1 fully saturated rings. The summed E-state index contributed by atoms with van der Waals surface area (Å²) in [5.41, 5.74) is 6.03. The average Bonchev–Trinajstić information content (AvgIpc) is 3.22. The van der Waals surface area contributed by atoms with E-state index in [0.717, 1.165) is 44.4 Å².